The van der Waals surface area contributed by atoms with Gasteiger partial charge in [0, 0.05) is 18.8 Å². The van der Waals surface area contributed by atoms with Crippen LogP contribution in [0.25, 0.3) is 0 Å². The minimum atomic E-state index is -1.13. The molecule has 6 nitrogen and oxygen atoms in total. The maximum atomic E-state index is 11.6. The van der Waals surface area contributed by atoms with E-state index >= 15 is 0 Å². The molecule has 0 saturated carbocycles. The summed E-state index contributed by atoms with van der Waals surface area (Å²) in [6.45, 7) is 4.47. The Morgan fingerprint density at radius 3 is 2.63 bits per heavy atom. The standard InChI is InChI=1S/C13H18N2O4/c1-9(2)5-6-14-11(16)8-15-7-10(13(18)19)3-4-12(15)17/h3-4,7,9H,5-6,8H2,1-2H3,(H,14,16)(H,18,19). The second-order valence-electron chi connectivity index (χ2n) is 4.72. The van der Waals surface area contributed by atoms with Crippen molar-refractivity contribution in [2.45, 2.75) is 26.8 Å². The first-order chi connectivity index (χ1) is 8.90. The molecule has 19 heavy (non-hydrogen) atoms. The number of carbonyl (C=O) groups excluding carboxylic acids is 1. The molecule has 1 heterocycles. The summed E-state index contributed by atoms with van der Waals surface area (Å²) in [5, 5.41) is 11.5. The summed E-state index contributed by atoms with van der Waals surface area (Å²) in [5.41, 5.74) is -0.418. The van der Waals surface area contributed by atoms with Crippen molar-refractivity contribution in [2.75, 3.05) is 6.54 Å². The van der Waals surface area contributed by atoms with Crippen molar-refractivity contribution in [3.63, 3.8) is 0 Å². The van der Waals surface area contributed by atoms with Gasteiger partial charge in [-0.2, -0.15) is 0 Å². The van der Waals surface area contributed by atoms with E-state index in [0.717, 1.165) is 17.1 Å². The van der Waals surface area contributed by atoms with E-state index in [1.165, 1.54) is 12.3 Å². The van der Waals surface area contributed by atoms with Crippen LogP contribution in [-0.2, 0) is 11.3 Å². The molecular weight excluding hydrogens is 248 g/mol. The Balaban J connectivity index is 2.66. The van der Waals surface area contributed by atoms with E-state index in [9.17, 15) is 14.4 Å². The van der Waals surface area contributed by atoms with Crippen LogP contribution < -0.4 is 10.9 Å². The van der Waals surface area contributed by atoms with Crippen LogP contribution in [-0.4, -0.2) is 28.1 Å². The zero-order valence-electron chi connectivity index (χ0n) is 11.0. The van der Waals surface area contributed by atoms with E-state index in [0.29, 0.717) is 12.5 Å². The molecule has 0 atom stereocenters. The predicted molar refractivity (Wildman–Crippen MR) is 70.1 cm³/mol. The zero-order valence-corrected chi connectivity index (χ0v) is 11.0. The van der Waals surface area contributed by atoms with E-state index < -0.39 is 11.5 Å². The summed E-state index contributed by atoms with van der Waals surface area (Å²) in [6.07, 6.45) is 2.03. The third kappa shape index (κ3) is 4.95. The normalized spacial score (nSPS) is 10.5. The van der Waals surface area contributed by atoms with Crippen LogP contribution in [0.1, 0.15) is 30.6 Å². The Morgan fingerprint density at radius 2 is 2.05 bits per heavy atom. The molecule has 0 unspecified atom stereocenters. The van der Waals surface area contributed by atoms with Crippen LogP contribution in [0.2, 0.25) is 0 Å². The van der Waals surface area contributed by atoms with Gasteiger partial charge in [0.15, 0.2) is 0 Å². The second kappa shape index (κ2) is 6.72. The van der Waals surface area contributed by atoms with E-state index in [-0.39, 0.29) is 18.0 Å². The van der Waals surface area contributed by atoms with Gasteiger partial charge in [0.25, 0.3) is 5.56 Å². The Hall–Kier alpha value is -2.11. The van der Waals surface area contributed by atoms with Gasteiger partial charge in [0.2, 0.25) is 5.91 Å². The molecule has 0 aromatic carbocycles. The molecule has 2 N–H and O–H groups in total. The van der Waals surface area contributed by atoms with Crippen molar-refractivity contribution in [2.24, 2.45) is 5.92 Å². The molecule has 1 rings (SSSR count). The predicted octanol–water partition coefficient (Wildman–Crippen LogP) is 0.709. The lowest BCUT2D eigenvalue weighted by molar-refractivity contribution is -0.121. The lowest BCUT2D eigenvalue weighted by atomic mass is 10.1. The van der Waals surface area contributed by atoms with Crippen molar-refractivity contribution in [3.8, 4) is 0 Å². The molecule has 6 heteroatoms. The summed E-state index contributed by atoms with van der Waals surface area (Å²) in [5.74, 6) is -0.947. The maximum absolute atomic E-state index is 11.6. The molecule has 0 radical (unpaired) electrons. The van der Waals surface area contributed by atoms with E-state index in [1.807, 2.05) is 13.8 Å². The number of hydrogen-bond donors (Lipinski definition) is 2. The number of aromatic nitrogens is 1. The molecule has 0 spiro atoms. The number of hydrogen-bond acceptors (Lipinski definition) is 3. The third-order valence-corrected chi connectivity index (χ3v) is 2.59. The number of nitrogens with zero attached hydrogens (tertiary/aromatic N) is 1. The Labute approximate surface area is 111 Å². The smallest absolute Gasteiger partial charge is 0.337 e. The number of rotatable bonds is 6. The number of carbonyl (C=O) groups is 2. The van der Waals surface area contributed by atoms with Crippen molar-refractivity contribution in [1.82, 2.24) is 9.88 Å². The summed E-state index contributed by atoms with van der Waals surface area (Å²) in [6, 6.07) is 2.36. The van der Waals surface area contributed by atoms with Crippen LogP contribution in [0.4, 0.5) is 0 Å². The summed E-state index contributed by atoms with van der Waals surface area (Å²) < 4.78 is 1.09. The van der Waals surface area contributed by atoms with Gasteiger partial charge >= 0.3 is 5.97 Å². The van der Waals surface area contributed by atoms with Gasteiger partial charge in [-0.3, -0.25) is 9.59 Å². The highest BCUT2D eigenvalue weighted by atomic mass is 16.4. The van der Waals surface area contributed by atoms with Gasteiger partial charge in [-0.15, -0.1) is 0 Å². The average Bonchev–Trinajstić information content (AvgIpc) is 2.31. The van der Waals surface area contributed by atoms with E-state index in [1.54, 1.807) is 0 Å². The number of carboxylic acid groups (broad SMARTS) is 1. The number of carboxylic acids is 1. The molecule has 0 saturated heterocycles. The van der Waals surface area contributed by atoms with Gasteiger partial charge in [-0.05, 0) is 18.4 Å². The first-order valence-electron chi connectivity index (χ1n) is 6.10. The summed E-state index contributed by atoms with van der Waals surface area (Å²) in [4.78, 5) is 33.9. The van der Waals surface area contributed by atoms with Crippen molar-refractivity contribution >= 4 is 11.9 Å². The lowest BCUT2D eigenvalue weighted by Crippen LogP contribution is -2.33. The molecule has 0 aliphatic heterocycles. The molecular formula is C13H18N2O4. The Bertz CT molecular complexity index is 520. The zero-order chi connectivity index (χ0) is 14.4. The van der Waals surface area contributed by atoms with Gasteiger partial charge in [-0.25, -0.2) is 4.79 Å². The van der Waals surface area contributed by atoms with Gasteiger partial charge in [0.1, 0.15) is 6.54 Å². The van der Waals surface area contributed by atoms with Crippen molar-refractivity contribution < 1.29 is 14.7 Å². The SMILES string of the molecule is CC(C)CCNC(=O)Cn1cc(C(=O)O)ccc1=O. The second-order valence-corrected chi connectivity index (χ2v) is 4.72. The fraction of sp³-hybridized carbons (Fsp3) is 0.462. The van der Waals surface area contributed by atoms with Crippen LogP contribution in [0.3, 0.4) is 0 Å². The van der Waals surface area contributed by atoms with Gasteiger partial charge < -0.3 is 15.0 Å². The largest absolute Gasteiger partial charge is 0.478 e. The molecule has 104 valence electrons. The Kier molecular flexibility index (Phi) is 5.29. The fourth-order valence-corrected chi connectivity index (χ4v) is 1.49. The molecule has 1 aromatic rings. The number of nitrogens with one attached hydrogen (secondary N) is 1. The highest BCUT2D eigenvalue weighted by molar-refractivity contribution is 5.87. The summed E-state index contributed by atoms with van der Waals surface area (Å²) >= 11 is 0. The van der Waals surface area contributed by atoms with Crippen LogP contribution in [0.15, 0.2) is 23.1 Å². The monoisotopic (exact) mass is 266 g/mol. The van der Waals surface area contributed by atoms with Gasteiger partial charge in [0.05, 0.1) is 5.56 Å². The maximum Gasteiger partial charge on any atom is 0.337 e. The number of pyridine rings is 1. The van der Waals surface area contributed by atoms with Crippen LogP contribution in [0, 0.1) is 5.92 Å². The Morgan fingerprint density at radius 1 is 1.37 bits per heavy atom. The lowest BCUT2D eigenvalue weighted by Gasteiger charge is -2.09. The van der Waals surface area contributed by atoms with E-state index in [4.69, 9.17) is 5.11 Å². The highest BCUT2D eigenvalue weighted by Crippen LogP contribution is 1.97. The van der Waals surface area contributed by atoms with E-state index in [2.05, 4.69) is 5.32 Å². The number of amides is 1. The van der Waals surface area contributed by atoms with Gasteiger partial charge in [-0.1, -0.05) is 13.8 Å². The molecule has 0 aliphatic carbocycles. The molecule has 1 aromatic heterocycles. The molecule has 0 bridgehead atoms. The molecule has 0 fully saturated rings. The molecule has 0 aliphatic rings. The van der Waals surface area contributed by atoms with Crippen molar-refractivity contribution in [3.05, 3.63) is 34.2 Å². The first kappa shape index (κ1) is 14.9. The topological polar surface area (TPSA) is 88.4 Å². The fourth-order valence-electron chi connectivity index (χ4n) is 1.49. The van der Waals surface area contributed by atoms with Crippen LogP contribution >= 0.6 is 0 Å². The average molecular weight is 266 g/mol. The summed E-state index contributed by atoms with van der Waals surface area (Å²) in [7, 11) is 0. The first-order valence-corrected chi connectivity index (χ1v) is 6.10. The minimum Gasteiger partial charge on any atom is -0.478 e. The highest BCUT2D eigenvalue weighted by Gasteiger charge is 2.08. The number of aromatic carboxylic acids is 1. The third-order valence-electron chi connectivity index (χ3n) is 2.59. The molecule has 1 amide bonds. The quantitative estimate of drug-likeness (QED) is 0.793. The van der Waals surface area contributed by atoms with Crippen LogP contribution in [0.5, 0.6) is 0 Å². The minimum absolute atomic E-state index is 0.0189. The van der Waals surface area contributed by atoms with Crippen molar-refractivity contribution in [1.29, 1.82) is 0 Å².